The van der Waals surface area contributed by atoms with Gasteiger partial charge in [0.25, 0.3) is 0 Å². The average Bonchev–Trinajstić information content (AvgIpc) is 2.88. The van der Waals surface area contributed by atoms with Crippen molar-refractivity contribution < 1.29 is 9.59 Å². The van der Waals surface area contributed by atoms with Crippen LogP contribution in [0.5, 0.6) is 0 Å². The van der Waals surface area contributed by atoms with Crippen LogP contribution in [0.15, 0.2) is 106 Å². The first-order valence-corrected chi connectivity index (χ1v) is 13.0. The molecule has 6 nitrogen and oxygen atoms in total. The van der Waals surface area contributed by atoms with Gasteiger partial charge in [-0.1, -0.05) is 68.3 Å². The molecule has 0 aliphatic carbocycles. The van der Waals surface area contributed by atoms with Crippen molar-refractivity contribution in [1.29, 1.82) is 0 Å². The van der Waals surface area contributed by atoms with Gasteiger partial charge in [0.05, 0.1) is 12.1 Å². The standard InChI is InChI=1S/C28H20Br2N4O2/c29-17-9-13-19(14-10-17)33-25(21-5-1-3-7-23(21)31-27(33)35)26-22-6-2-4-8-24(22)32-28(36)34(26)20-15-11-18(30)12-16-20/h1-16,25-26H,(H,31,35)(H,32,36). The summed E-state index contributed by atoms with van der Waals surface area (Å²) < 4.78 is 1.83. The fraction of sp³-hybridized carbons (Fsp3) is 0.0714. The Labute approximate surface area is 225 Å². The minimum Gasteiger partial charge on any atom is -0.307 e. The van der Waals surface area contributed by atoms with Crippen LogP contribution in [-0.4, -0.2) is 12.1 Å². The van der Waals surface area contributed by atoms with Crippen molar-refractivity contribution in [1.82, 2.24) is 0 Å². The van der Waals surface area contributed by atoms with Crippen LogP contribution in [0, 0.1) is 0 Å². The summed E-state index contributed by atoms with van der Waals surface area (Å²) in [6.45, 7) is 0. The van der Waals surface area contributed by atoms with Crippen LogP contribution < -0.4 is 20.4 Å². The number of nitrogens with one attached hydrogen (secondary N) is 2. The number of carbonyl (C=O) groups excluding carboxylic acids is 2. The zero-order valence-electron chi connectivity index (χ0n) is 18.9. The van der Waals surface area contributed by atoms with Gasteiger partial charge in [-0.05, 0) is 60.7 Å². The number of hydrogen-bond acceptors (Lipinski definition) is 2. The molecule has 178 valence electrons. The first kappa shape index (κ1) is 22.8. The molecule has 4 aromatic carbocycles. The molecule has 2 aliphatic heterocycles. The predicted octanol–water partition coefficient (Wildman–Crippen LogP) is 8.10. The number of hydrogen-bond donors (Lipinski definition) is 2. The summed E-state index contributed by atoms with van der Waals surface area (Å²) >= 11 is 6.99. The van der Waals surface area contributed by atoms with Gasteiger partial charge in [-0.25, -0.2) is 9.59 Å². The predicted molar refractivity (Wildman–Crippen MR) is 150 cm³/mol. The summed E-state index contributed by atoms with van der Waals surface area (Å²) in [5, 5.41) is 6.08. The minimum absolute atomic E-state index is 0.250. The second-order valence-corrected chi connectivity index (χ2v) is 10.4. The molecule has 0 bridgehead atoms. The molecular weight excluding hydrogens is 584 g/mol. The third-order valence-electron chi connectivity index (χ3n) is 6.54. The number of benzene rings is 4. The van der Waals surface area contributed by atoms with E-state index in [1.54, 1.807) is 9.80 Å². The monoisotopic (exact) mass is 602 g/mol. The van der Waals surface area contributed by atoms with Gasteiger partial charge in [-0.2, -0.15) is 0 Å². The number of para-hydroxylation sites is 2. The SMILES string of the molecule is O=C1Nc2ccccc2C(C2c3ccccc3NC(=O)N2c2ccc(Br)cc2)N1c1ccc(Br)cc1. The lowest BCUT2D eigenvalue weighted by molar-refractivity contribution is 0.246. The molecule has 4 amide bonds. The van der Waals surface area contributed by atoms with E-state index >= 15 is 0 Å². The van der Waals surface area contributed by atoms with Gasteiger partial charge in [0.15, 0.2) is 0 Å². The Balaban J connectivity index is 1.62. The van der Waals surface area contributed by atoms with Crippen LogP contribution in [-0.2, 0) is 0 Å². The number of nitrogens with zero attached hydrogens (tertiary/aromatic N) is 2. The number of anilines is 4. The number of fused-ring (bicyclic) bond motifs is 2. The molecule has 6 rings (SSSR count). The van der Waals surface area contributed by atoms with E-state index in [1.807, 2.05) is 97.1 Å². The van der Waals surface area contributed by atoms with Crippen molar-refractivity contribution in [2.75, 3.05) is 20.4 Å². The largest absolute Gasteiger partial charge is 0.326 e. The summed E-state index contributed by atoms with van der Waals surface area (Å²) in [7, 11) is 0. The van der Waals surface area contributed by atoms with Crippen LogP contribution in [0.1, 0.15) is 23.2 Å². The highest BCUT2D eigenvalue weighted by molar-refractivity contribution is 9.10. The quantitative estimate of drug-likeness (QED) is 0.248. The fourth-order valence-electron chi connectivity index (χ4n) is 5.00. The van der Waals surface area contributed by atoms with E-state index in [-0.39, 0.29) is 12.1 Å². The molecule has 0 fully saturated rings. The normalized spacial score (nSPS) is 18.7. The van der Waals surface area contributed by atoms with Crippen molar-refractivity contribution in [3.8, 4) is 0 Å². The van der Waals surface area contributed by atoms with E-state index in [4.69, 9.17) is 0 Å². The Hall–Kier alpha value is -3.62. The molecule has 0 saturated carbocycles. The number of urea groups is 2. The number of halogens is 2. The van der Waals surface area contributed by atoms with Crippen molar-refractivity contribution >= 4 is 66.7 Å². The second kappa shape index (κ2) is 9.11. The van der Waals surface area contributed by atoms with Crippen LogP contribution in [0.2, 0.25) is 0 Å². The Morgan fingerprint density at radius 3 is 1.28 bits per heavy atom. The van der Waals surface area contributed by atoms with Crippen molar-refractivity contribution in [2.45, 2.75) is 12.1 Å². The Bertz CT molecular complexity index is 1360. The molecule has 8 heteroatoms. The lowest BCUT2D eigenvalue weighted by Gasteiger charge is -2.47. The minimum atomic E-state index is -0.494. The van der Waals surface area contributed by atoms with E-state index in [2.05, 4.69) is 42.5 Å². The highest BCUT2D eigenvalue weighted by Crippen LogP contribution is 2.50. The van der Waals surface area contributed by atoms with Gasteiger partial charge in [-0.3, -0.25) is 9.80 Å². The molecule has 2 unspecified atom stereocenters. The molecule has 0 aromatic heterocycles. The van der Waals surface area contributed by atoms with Gasteiger partial charge in [0.1, 0.15) is 0 Å². The topological polar surface area (TPSA) is 64.7 Å². The number of rotatable bonds is 3. The molecule has 0 spiro atoms. The zero-order chi connectivity index (χ0) is 24.8. The smallest absolute Gasteiger partial charge is 0.307 e. The number of carbonyl (C=O) groups is 2. The first-order valence-electron chi connectivity index (χ1n) is 11.4. The van der Waals surface area contributed by atoms with Gasteiger partial charge in [0, 0.05) is 42.8 Å². The first-order chi connectivity index (χ1) is 17.5. The molecule has 2 N–H and O–H groups in total. The summed E-state index contributed by atoms with van der Waals surface area (Å²) in [5.74, 6) is 0. The van der Waals surface area contributed by atoms with Crippen LogP contribution in [0.25, 0.3) is 0 Å². The molecule has 0 radical (unpaired) electrons. The molecule has 2 heterocycles. The maximum atomic E-state index is 13.7. The Morgan fingerprint density at radius 1 is 0.528 bits per heavy atom. The third-order valence-corrected chi connectivity index (χ3v) is 7.60. The molecular formula is C28H20Br2N4O2. The second-order valence-electron chi connectivity index (χ2n) is 8.62. The summed E-state index contributed by atoms with van der Waals surface area (Å²) in [5.41, 5.74) is 4.79. The highest BCUT2D eigenvalue weighted by atomic mass is 79.9. The van der Waals surface area contributed by atoms with Crippen LogP contribution >= 0.6 is 31.9 Å². The van der Waals surface area contributed by atoms with Gasteiger partial charge >= 0.3 is 12.1 Å². The molecule has 4 aromatic rings. The molecule has 0 saturated heterocycles. The zero-order valence-corrected chi connectivity index (χ0v) is 22.0. The molecule has 2 atom stereocenters. The van der Waals surface area contributed by atoms with Crippen molar-refractivity contribution in [3.63, 3.8) is 0 Å². The van der Waals surface area contributed by atoms with Gasteiger partial charge in [-0.15, -0.1) is 0 Å². The van der Waals surface area contributed by atoms with Crippen molar-refractivity contribution in [3.05, 3.63) is 117 Å². The van der Waals surface area contributed by atoms with Gasteiger partial charge in [0.2, 0.25) is 0 Å². The Morgan fingerprint density at radius 2 is 0.889 bits per heavy atom. The molecule has 2 aliphatic rings. The van der Waals surface area contributed by atoms with E-state index in [9.17, 15) is 9.59 Å². The maximum Gasteiger partial charge on any atom is 0.326 e. The molecule has 36 heavy (non-hydrogen) atoms. The van der Waals surface area contributed by atoms with E-state index in [0.717, 1.165) is 42.8 Å². The summed E-state index contributed by atoms with van der Waals surface area (Å²) in [6, 6.07) is 29.3. The van der Waals surface area contributed by atoms with E-state index < -0.39 is 12.1 Å². The van der Waals surface area contributed by atoms with Gasteiger partial charge < -0.3 is 10.6 Å². The maximum absolute atomic E-state index is 13.7. The third kappa shape index (κ3) is 3.86. The average molecular weight is 604 g/mol. The fourth-order valence-corrected chi connectivity index (χ4v) is 5.53. The summed E-state index contributed by atoms with van der Waals surface area (Å²) in [6.07, 6.45) is 0. The highest BCUT2D eigenvalue weighted by Gasteiger charge is 2.46. The van der Waals surface area contributed by atoms with Crippen LogP contribution in [0.3, 0.4) is 0 Å². The van der Waals surface area contributed by atoms with Crippen LogP contribution in [0.4, 0.5) is 32.3 Å². The lowest BCUT2D eigenvalue weighted by Crippen LogP contribution is -2.52. The van der Waals surface area contributed by atoms with E-state index in [1.165, 1.54) is 0 Å². The Kier molecular flexibility index (Phi) is 5.78. The summed E-state index contributed by atoms with van der Waals surface area (Å²) in [4.78, 5) is 30.8. The number of amides is 4. The van der Waals surface area contributed by atoms with E-state index in [0.29, 0.717) is 0 Å². The lowest BCUT2D eigenvalue weighted by atomic mass is 9.86. The van der Waals surface area contributed by atoms with Crippen molar-refractivity contribution in [2.24, 2.45) is 0 Å².